The van der Waals surface area contributed by atoms with E-state index in [9.17, 15) is 0 Å². The van der Waals surface area contributed by atoms with Gasteiger partial charge >= 0.3 is 0 Å². The predicted molar refractivity (Wildman–Crippen MR) is 103 cm³/mol. The molecule has 2 heterocycles. The summed E-state index contributed by atoms with van der Waals surface area (Å²) in [5.74, 6) is 1.67. The molecule has 0 bridgehead atoms. The van der Waals surface area contributed by atoms with Gasteiger partial charge in [0.15, 0.2) is 5.96 Å². The molecule has 1 atom stereocenters. The minimum atomic E-state index is 0. The highest BCUT2D eigenvalue weighted by atomic mass is 127. The molecule has 0 radical (unpaired) electrons. The lowest BCUT2D eigenvalue weighted by molar-refractivity contribution is 0.187. The van der Waals surface area contributed by atoms with Gasteiger partial charge < -0.3 is 15.5 Å². The number of rotatable bonds is 5. The molecule has 1 unspecified atom stereocenters. The van der Waals surface area contributed by atoms with Crippen LogP contribution in [0.5, 0.6) is 0 Å². The Morgan fingerprint density at radius 3 is 2.95 bits per heavy atom. The first-order valence-electron chi connectivity index (χ1n) is 7.84. The molecule has 2 rings (SSSR count). The average molecular weight is 417 g/mol. The third-order valence-electron chi connectivity index (χ3n) is 3.85. The van der Waals surface area contributed by atoms with Crippen LogP contribution in [-0.4, -0.2) is 49.1 Å². The van der Waals surface area contributed by atoms with Crippen molar-refractivity contribution in [2.45, 2.75) is 26.3 Å². The Labute approximate surface area is 151 Å². The van der Waals surface area contributed by atoms with Gasteiger partial charge in [0, 0.05) is 32.9 Å². The molecule has 22 heavy (non-hydrogen) atoms. The van der Waals surface area contributed by atoms with E-state index < -0.39 is 0 Å². The molecule has 1 fully saturated rings. The predicted octanol–water partition coefficient (Wildman–Crippen LogP) is 2.10. The van der Waals surface area contributed by atoms with E-state index >= 15 is 0 Å². The molecule has 5 nitrogen and oxygen atoms in total. The SMILES string of the molecule is CN=C(NCCN1CCCC(C)C1)NCc1ccccn1.I. The fourth-order valence-corrected chi connectivity index (χ4v) is 2.72. The normalized spacial score (nSPS) is 19.4. The first-order chi connectivity index (χ1) is 10.3. The molecule has 1 aromatic rings. The summed E-state index contributed by atoms with van der Waals surface area (Å²) in [6.45, 7) is 7.49. The molecular weight excluding hydrogens is 389 g/mol. The van der Waals surface area contributed by atoms with E-state index in [-0.39, 0.29) is 24.0 Å². The van der Waals surface area contributed by atoms with Crippen molar-refractivity contribution in [2.75, 3.05) is 33.2 Å². The first-order valence-corrected chi connectivity index (χ1v) is 7.84. The van der Waals surface area contributed by atoms with Gasteiger partial charge in [-0.2, -0.15) is 0 Å². The summed E-state index contributed by atoms with van der Waals surface area (Å²) >= 11 is 0. The van der Waals surface area contributed by atoms with Gasteiger partial charge in [0.1, 0.15) is 0 Å². The van der Waals surface area contributed by atoms with Crippen molar-refractivity contribution in [3.8, 4) is 0 Å². The maximum Gasteiger partial charge on any atom is 0.191 e. The molecule has 124 valence electrons. The maximum atomic E-state index is 4.29. The molecular formula is C16H28IN5. The molecule has 1 aliphatic heterocycles. The standard InChI is InChI=1S/C16H27N5.HI/c1-14-6-5-10-21(13-14)11-9-19-16(17-2)20-12-15-7-3-4-8-18-15;/h3-4,7-8,14H,5-6,9-13H2,1-2H3,(H2,17,19,20);1H. The lowest BCUT2D eigenvalue weighted by Gasteiger charge is -2.30. The van der Waals surface area contributed by atoms with Crippen molar-refractivity contribution in [3.63, 3.8) is 0 Å². The van der Waals surface area contributed by atoms with E-state index in [1.165, 1.54) is 25.9 Å². The van der Waals surface area contributed by atoms with Crippen molar-refractivity contribution >= 4 is 29.9 Å². The van der Waals surface area contributed by atoms with Crippen molar-refractivity contribution in [2.24, 2.45) is 10.9 Å². The number of halogens is 1. The Morgan fingerprint density at radius 1 is 1.41 bits per heavy atom. The Kier molecular flexibility index (Phi) is 9.38. The fourth-order valence-electron chi connectivity index (χ4n) is 2.72. The first kappa shape index (κ1) is 19.2. The van der Waals surface area contributed by atoms with Gasteiger partial charge in [-0.3, -0.25) is 9.98 Å². The molecule has 1 aliphatic rings. The molecule has 1 aromatic heterocycles. The van der Waals surface area contributed by atoms with Crippen molar-refractivity contribution < 1.29 is 0 Å². The minimum Gasteiger partial charge on any atom is -0.355 e. The smallest absolute Gasteiger partial charge is 0.191 e. The third-order valence-corrected chi connectivity index (χ3v) is 3.85. The molecule has 0 aromatic carbocycles. The zero-order valence-electron chi connectivity index (χ0n) is 13.6. The summed E-state index contributed by atoms with van der Waals surface area (Å²) in [4.78, 5) is 11.1. The Morgan fingerprint density at radius 2 is 2.27 bits per heavy atom. The highest BCUT2D eigenvalue weighted by Gasteiger charge is 2.15. The third kappa shape index (κ3) is 6.91. The van der Waals surface area contributed by atoms with Crippen molar-refractivity contribution in [1.82, 2.24) is 20.5 Å². The summed E-state index contributed by atoms with van der Waals surface area (Å²) in [6, 6.07) is 5.93. The number of pyridine rings is 1. The van der Waals surface area contributed by atoms with Crippen LogP contribution in [0.1, 0.15) is 25.5 Å². The van der Waals surface area contributed by atoms with Gasteiger partial charge in [0.25, 0.3) is 0 Å². The monoisotopic (exact) mass is 417 g/mol. The minimum absolute atomic E-state index is 0. The van der Waals surface area contributed by atoms with Crippen LogP contribution in [0.3, 0.4) is 0 Å². The lowest BCUT2D eigenvalue weighted by atomic mass is 10.0. The van der Waals surface area contributed by atoms with Crippen LogP contribution in [0.2, 0.25) is 0 Å². The summed E-state index contributed by atoms with van der Waals surface area (Å²) < 4.78 is 0. The van der Waals surface area contributed by atoms with E-state index in [1.807, 2.05) is 24.4 Å². The number of likely N-dealkylation sites (tertiary alicyclic amines) is 1. The Hall–Kier alpha value is -0.890. The quantitative estimate of drug-likeness (QED) is 0.438. The number of hydrogen-bond donors (Lipinski definition) is 2. The van der Waals surface area contributed by atoms with Crippen LogP contribution in [0, 0.1) is 5.92 Å². The molecule has 1 saturated heterocycles. The van der Waals surface area contributed by atoms with E-state index in [1.54, 1.807) is 7.05 Å². The Bertz CT molecular complexity index is 437. The van der Waals surface area contributed by atoms with Gasteiger partial charge in [0.2, 0.25) is 0 Å². The number of piperidine rings is 1. The summed E-state index contributed by atoms with van der Waals surface area (Å²) in [5, 5.41) is 6.66. The molecule has 0 amide bonds. The summed E-state index contributed by atoms with van der Waals surface area (Å²) in [6.07, 6.45) is 4.51. The van der Waals surface area contributed by atoms with Crippen molar-refractivity contribution in [1.29, 1.82) is 0 Å². The van der Waals surface area contributed by atoms with Crippen LogP contribution in [0.4, 0.5) is 0 Å². The molecule has 6 heteroatoms. The molecule has 0 spiro atoms. The van der Waals surface area contributed by atoms with Crippen LogP contribution in [0.15, 0.2) is 29.4 Å². The zero-order chi connectivity index (χ0) is 14.9. The second-order valence-electron chi connectivity index (χ2n) is 5.72. The highest BCUT2D eigenvalue weighted by molar-refractivity contribution is 14.0. The fraction of sp³-hybridized carbons (Fsp3) is 0.625. The number of hydrogen-bond acceptors (Lipinski definition) is 3. The number of nitrogens with one attached hydrogen (secondary N) is 2. The van der Waals surface area contributed by atoms with Crippen LogP contribution < -0.4 is 10.6 Å². The van der Waals surface area contributed by atoms with Gasteiger partial charge in [-0.15, -0.1) is 24.0 Å². The van der Waals surface area contributed by atoms with Crippen molar-refractivity contribution in [3.05, 3.63) is 30.1 Å². The largest absolute Gasteiger partial charge is 0.355 e. The van der Waals surface area contributed by atoms with E-state index in [0.717, 1.165) is 30.7 Å². The van der Waals surface area contributed by atoms with Crippen LogP contribution in [-0.2, 0) is 6.54 Å². The van der Waals surface area contributed by atoms with Gasteiger partial charge in [-0.25, -0.2) is 0 Å². The average Bonchev–Trinajstić information content (AvgIpc) is 2.52. The van der Waals surface area contributed by atoms with Crippen LogP contribution >= 0.6 is 24.0 Å². The van der Waals surface area contributed by atoms with E-state index in [4.69, 9.17) is 0 Å². The van der Waals surface area contributed by atoms with Gasteiger partial charge in [0.05, 0.1) is 12.2 Å². The lowest BCUT2D eigenvalue weighted by Crippen LogP contribution is -2.43. The number of nitrogens with zero attached hydrogens (tertiary/aromatic N) is 3. The summed E-state index contributed by atoms with van der Waals surface area (Å²) in [5.41, 5.74) is 1.02. The summed E-state index contributed by atoms with van der Waals surface area (Å²) in [7, 11) is 1.80. The topological polar surface area (TPSA) is 52.6 Å². The zero-order valence-corrected chi connectivity index (χ0v) is 15.9. The van der Waals surface area contributed by atoms with Crippen LogP contribution in [0.25, 0.3) is 0 Å². The second kappa shape index (κ2) is 10.8. The van der Waals surface area contributed by atoms with Gasteiger partial charge in [-0.05, 0) is 37.4 Å². The number of aromatic nitrogens is 1. The van der Waals surface area contributed by atoms with E-state index in [0.29, 0.717) is 6.54 Å². The second-order valence-corrected chi connectivity index (χ2v) is 5.72. The molecule has 0 saturated carbocycles. The Balaban J connectivity index is 0.00000242. The number of guanidine groups is 1. The maximum absolute atomic E-state index is 4.29. The number of aliphatic imine (C=N–C) groups is 1. The van der Waals surface area contributed by atoms with E-state index in [2.05, 4.69) is 32.4 Å². The molecule has 0 aliphatic carbocycles. The molecule has 2 N–H and O–H groups in total. The highest BCUT2D eigenvalue weighted by Crippen LogP contribution is 2.14. The van der Waals surface area contributed by atoms with Gasteiger partial charge in [-0.1, -0.05) is 13.0 Å².